The Hall–Kier alpha value is -3.17. The van der Waals surface area contributed by atoms with Crippen LogP contribution in [0.4, 0.5) is 8.78 Å². The van der Waals surface area contributed by atoms with E-state index in [1.165, 1.54) is 43.4 Å². The van der Waals surface area contributed by atoms with Crippen LogP contribution >= 0.6 is 0 Å². The molecule has 1 N–H and O–H groups in total. The van der Waals surface area contributed by atoms with Gasteiger partial charge in [0.05, 0.1) is 6.61 Å². The highest BCUT2D eigenvalue weighted by atomic mass is 19.1. The minimum atomic E-state index is -1.07. The number of halogens is 2. The molecule has 4 atom stereocenters. The largest absolute Gasteiger partial charge is 0.465 e. The number of piperidine rings is 2. The van der Waals surface area contributed by atoms with E-state index in [0.29, 0.717) is 11.5 Å². The zero-order valence-corrected chi connectivity index (χ0v) is 21.4. The van der Waals surface area contributed by atoms with Crippen LogP contribution in [0.15, 0.2) is 48.5 Å². The molecule has 0 saturated carbocycles. The monoisotopic (exact) mass is 516 g/mol. The minimum Gasteiger partial charge on any atom is -0.465 e. The van der Waals surface area contributed by atoms with Gasteiger partial charge in [-0.1, -0.05) is 24.3 Å². The molecular weight excluding hydrogens is 482 g/mol. The Morgan fingerprint density at radius 2 is 1.51 bits per heavy atom. The van der Waals surface area contributed by atoms with Gasteiger partial charge in [0, 0.05) is 38.5 Å². The van der Waals surface area contributed by atoms with Gasteiger partial charge in [0.1, 0.15) is 17.6 Å². The number of benzene rings is 2. The van der Waals surface area contributed by atoms with E-state index in [-0.39, 0.29) is 37.3 Å². The number of carbonyl (C=O) groups excluding carboxylic acids is 3. The molecule has 2 fully saturated rings. The standard InChI is InChI=1S/C15H16FNO4.C13H18FNO/c1-3-21-15(20)13-11(8-12(18)17(2)14(13)19)9-4-6-10(16)7-5-9;1-15-7-6-13(11(8-15)9-16)10-2-4-12(14)5-3-10/h4-7,11,13H,3,8H2,1-2H3;2-5,11,13,16H,6-9H2,1H3/t2*11-,13-/m00/s1. The van der Waals surface area contributed by atoms with E-state index in [9.17, 15) is 28.3 Å². The predicted octanol–water partition coefficient (Wildman–Crippen LogP) is 3.33. The van der Waals surface area contributed by atoms with Crippen molar-refractivity contribution < 1.29 is 33.0 Å². The Morgan fingerprint density at radius 3 is 2.03 bits per heavy atom. The van der Waals surface area contributed by atoms with Gasteiger partial charge >= 0.3 is 5.97 Å². The van der Waals surface area contributed by atoms with E-state index in [1.54, 1.807) is 6.92 Å². The molecule has 9 heteroatoms. The summed E-state index contributed by atoms with van der Waals surface area (Å²) in [6.07, 6.45) is 1.05. The van der Waals surface area contributed by atoms with Crippen molar-refractivity contribution in [2.24, 2.45) is 11.8 Å². The number of aliphatic hydroxyl groups is 1. The van der Waals surface area contributed by atoms with E-state index in [0.717, 1.165) is 30.0 Å². The summed E-state index contributed by atoms with van der Waals surface area (Å²) in [6, 6.07) is 12.1. The van der Waals surface area contributed by atoms with Gasteiger partial charge in [0.25, 0.3) is 0 Å². The highest BCUT2D eigenvalue weighted by Gasteiger charge is 2.45. The van der Waals surface area contributed by atoms with Crippen molar-refractivity contribution in [1.29, 1.82) is 0 Å². The molecule has 2 heterocycles. The van der Waals surface area contributed by atoms with Crippen molar-refractivity contribution in [1.82, 2.24) is 9.80 Å². The smallest absolute Gasteiger partial charge is 0.319 e. The van der Waals surface area contributed by atoms with E-state index < -0.39 is 29.5 Å². The van der Waals surface area contributed by atoms with Crippen molar-refractivity contribution in [3.63, 3.8) is 0 Å². The predicted molar refractivity (Wildman–Crippen MR) is 133 cm³/mol. The van der Waals surface area contributed by atoms with Crippen molar-refractivity contribution in [2.45, 2.75) is 31.6 Å². The lowest BCUT2D eigenvalue weighted by Gasteiger charge is -2.36. The number of hydrogen-bond acceptors (Lipinski definition) is 6. The van der Waals surface area contributed by atoms with E-state index in [1.807, 2.05) is 12.1 Å². The number of carbonyl (C=O) groups is 3. The molecule has 7 nitrogen and oxygen atoms in total. The quantitative estimate of drug-likeness (QED) is 0.373. The fourth-order valence-electron chi connectivity index (χ4n) is 5.01. The third-order valence-electron chi connectivity index (χ3n) is 7.08. The topological polar surface area (TPSA) is 87.2 Å². The molecule has 0 aromatic heterocycles. The molecule has 2 aromatic carbocycles. The number of rotatable bonds is 5. The van der Waals surface area contributed by atoms with Gasteiger partial charge in [-0.05, 0) is 68.2 Å². The van der Waals surface area contributed by atoms with Gasteiger partial charge in [-0.3, -0.25) is 19.3 Å². The van der Waals surface area contributed by atoms with E-state index in [4.69, 9.17) is 4.74 Å². The maximum Gasteiger partial charge on any atom is 0.319 e. The molecular formula is C28H34F2N2O5. The van der Waals surface area contributed by atoms with Crippen LogP contribution in [0.1, 0.15) is 42.7 Å². The summed E-state index contributed by atoms with van der Waals surface area (Å²) in [5, 5.41) is 9.39. The number of nitrogens with zero attached hydrogens (tertiary/aromatic N) is 2. The van der Waals surface area contributed by atoms with Gasteiger partial charge in [0.2, 0.25) is 11.8 Å². The molecule has 200 valence electrons. The Balaban J connectivity index is 0.000000213. The Morgan fingerprint density at radius 1 is 0.973 bits per heavy atom. The number of aliphatic hydroxyl groups excluding tert-OH is 1. The first-order chi connectivity index (χ1) is 17.7. The molecule has 37 heavy (non-hydrogen) atoms. The summed E-state index contributed by atoms with van der Waals surface area (Å²) in [6.45, 7) is 3.95. The zero-order valence-electron chi connectivity index (χ0n) is 21.4. The van der Waals surface area contributed by atoms with Gasteiger partial charge in [-0.15, -0.1) is 0 Å². The molecule has 0 bridgehead atoms. The first-order valence-electron chi connectivity index (χ1n) is 12.4. The summed E-state index contributed by atoms with van der Waals surface area (Å²) in [5.41, 5.74) is 1.72. The van der Waals surface area contributed by atoms with Crippen LogP contribution in [0, 0.1) is 23.5 Å². The van der Waals surface area contributed by atoms with Crippen molar-refractivity contribution in [3.05, 3.63) is 71.3 Å². The zero-order chi connectivity index (χ0) is 27.1. The van der Waals surface area contributed by atoms with Gasteiger partial charge in [-0.25, -0.2) is 8.78 Å². The van der Waals surface area contributed by atoms with Crippen LogP contribution in [0.5, 0.6) is 0 Å². The maximum atomic E-state index is 13.0. The van der Waals surface area contributed by atoms with Crippen molar-refractivity contribution in [2.75, 3.05) is 40.4 Å². The van der Waals surface area contributed by atoms with Crippen molar-refractivity contribution in [3.8, 4) is 0 Å². The van der Waals surface area contributed by atoms with Crippen molar-refractivity contribution >= 4 is 17.8 Å². The Kier molecular flexibility index (Phi) is 9.88. The van der Waals surface area contributed by atoms with Crippen LogP contribution in [0.2, 0.25) is 0 Å². The molecule has 2 amide bonds. The second kappa shape index (κ2) is 12.9. The number of likely N-dealkylation sites (tertiary alicyclic amines) is 2. The highest BCUT2D eigenvalue weighted by molar-refractivity contribution is 6.08. The Bertz CT molecular complexity index is 1080. The molecule has 0 aliphatic carbocycles. The normalized spacial score (nSPS) is 24.3. The number of ether oxygens (including phenoxy) is 1. The van der Waals surface area contributed by atoms with Gasteiger partial charge in [0.15, 0.2) is 0 Å². The molecule has 2 aromatic rings. The lowest BCUT2D eigenvalue weighted by molar-refractivity contribution is -0.162. The lowest BCUT2D eigenvalue weighted by atomic mass is 9.79. The molecule has 2 aliphatic heterocycles. The molecule has 0 radical (unpaired) electrons. The van der Waals surface area contributed by atoms with Crippen LogP contribution in [-0.4, -0.2) is 73.1 Å². The minimum absolute atomic E-state index is 0.0113. The summed E-state index contributed by atoms with van der Waals surface area (Å²) >= 11 is 0. The fraction of sp³-hybridized carbons (Fsp3) is 0.464. The van der Waals surface area contributed by atoms with Gasteiger partial charge in [-0.2, -0.15) is 0 Å². The van der Waals surface area contributed by atoms with Crippen LogP contribution in [-0.2, 0) is 19.1 Å². The number of hydrogen-bond donors (Lipinski definition) is 1. The molecule has 0 unspecified atom stereocenters. The first kappa shape index (κ1) is 28.4. The van der Waals surface area contributed by atoms with Gasteiger partial charge < -0.3 is 14.7 Å². The van der Waals surface area contributed by atoms with Crippen LogP contribution < -0.4 is 0 Å². The number of esters is 1. The summed E-state index contributed by atoms with van der Waals surface area (Å²) in [7, 11) is 3.42. The SMILES string of the molecule is CCOC(=O)[C@@H]1C(=O)N(C)C(=O)C[C@H]1c1ccc(F)cc1.CN1CC[C@@H](c2ccc(F)cc2)[C@H](CO)C1. The van der Waals surface area contributed by atoms with Crippen LogP contribution in [0.3, 0.4) is 0 Å². The third-order valence-corrected chi connectivity index (χ3v) is 7.08. The van der Waals surface area contributed by atoms with E-state index in [2.05, 4.69) is 11.9 Å². The number of amides is 2. The van der Waals surface area contributed by atoms with Crippen LogP contribution in [0.25, 0.3) is 0 Å². The first-order valence-corrected chi connectivity index (χ1v) is 12.4. The molecule has 0 spiro atoms. The summed E-state index contributed by atoms with van der Waals surface area (Å²) in [4.78, 5) is 39.3. The molecule has 4 rings (SSSR count). The average Bonchev–Trinajstić information content (AvgIpc) is 2.88. The fourth-order valence-corrected chi connectivity index (χ4v) is 5.01. The Labute approximate surface area is 216 Å². The maximum absolute atomic E-state index is 13.0. The summed E-state index contributed by atoms with van der Waals surface area (Å²) < 4.78 is 30.8. The molecule has 2 aliphatic rings. The number of imide groups is 1. The third kappa shape index (κ3) is 6.99. The second-order valence-electron chi connectivity index (χ2n) is 9.53. The second-order valence-corrected chi connectivity index (χ2v) is 9.53. The summed E-state index contributed by atoms with van der Waals surface area (Å²) in [5.74, 6) is -3.29. The molecule has 2 saturated heterocycles. The average molecular weight is 517 g/mol. The van der Waals surface area contributed by atoms with E-state index >= 15 is 0 Å². The lowest BCUT2D eigenvalue weighted by Crippen LogP contribution is -2.49. The highest BCUT2D eigenvalue weighted by Crippen LogP contribution is 2.35.